The summed E-state index contributed by atoms with van der Waals surface area (Å²) in [6.45, 7) is 0. The lowest BCUT2D eigenvalue weighted by atomic mass is 10.1. The number of benzene rings is 3. The molecule has 0 aliphatic carbocycles. The molecule has 0 spiro atoms. The van der Waals surface area contributed by atoms with Crippen LogP contribution >= 0.6 is 0 Å². The maximum atomic E-state index is 12.8. The van der Waals surface area contributed by atoms with E-state index in [0.29, 0.717) is 35.0 Å². The van der Waals surface area contributed by atoms with Crippen LogP contribution in [-0.2, 0) is 6.42 Å². The molecule has 0 amide bonds. The summed E-state index contributed by atoms with van der Waals surface area (Å²) >= 11 is 0. The van der Waals surface area contributed by atoms with Crippen LogP contribution in [0.2, 0.25) is 0 Å². The summed E-state index contributed by atoms with van der Waals surface area (Å²) in [7, 11) is 6.08. The SMILES string of the molecule is COc1ccccc1Cc1noc2cc(OC(=O)c3cc(OC)c(OC)c(OC)c3)ccc12. The zero-order valence-corrected chi connectivity index (χ0v) is 18.7. The molecule has 0 unspecified atom stereocenters. The van der Waals surface area contributed by atoms with Gasteiger partial charge in [-0.2, -0.15) is 0 Å². The summed E-state index contributed by atoms with van der Waals surface area (Å²) in [5.41, 5.74) is 2.51. The molecule has 1 heterocycles. The smallest absolute Gasteiger partial charge is 0.343 e. The highest BCUT2D eigenvalue weighted by molar-refractivity contribution is 5.93. The summed E-state index contributed by atoms with van der Waals surface area (Å²) in [5, 5.41) is 5.02. The van der Waals surface area contributed by atoms with Gasteiger partial charge in [-0.3, -0.25) is 0 Å². The molecule has 0 bridgehead atoms. The van der Waals surface area contributed by atoms with Crippen LogP contribution in [0.4, 0.5) is 0 Å². The molecule has 0 saturated heterocycles. The number of para-hydroxylation sites is 1. The van der Waals surface area contributed by atoms with Crippen molar-refractivity contribution in [1.29, 1.82) is 0 Å². The maximum Gasteiger partial charge on any atom is 0.343 e. The molecule has 0 radical (unpaired) electrons. The second-order valence-corrected chi connectivity index (χ2v) is 7.08. The minimum absolute atomic E-state index is 0.249. The third kappa shape index (κ3) is 4.41. The number of hydrogen-bond donors (Lipinski definition) is 0. The highest BCUT2D eigenvalue weighted by Crippen LogP contribution is 2.38. The first-order chi connectivity index (χ1) is 16.1. The lowest BCUT2D eigenvalue weighted by molar-refractivity contribution is 0.0734. The molecule has 1 aromatic heterocycles. The van der Waals surface area contributed by atoms with Gasteiger partial charge in [0.1, 0.15) is 11.5 Å². The fourth-order valence-electron chi connectivity index (χ4n) is 3.56. The van der Waals surface area contributed by atoms with E-state index in [1.54, 1.807) is 19.2 Å². The zero-order chi connectivity index (χ0) is 23.4. The molecule has 0 saturated carbocycles. The summed E-state index contributed by atoms with van der Waals surface area (Å²) < 4.78 is 32.3. The normalized spacial score (nSPS) is 10.7. The third-order valence-electron chi connectivity index (χ3n) is 5.18. The fourth-order valence-corrected chi connectivity index (χ4v) is 3.56. The molecule has 8 nitrogen and oxygen atoms in total. The van der Waals surface area contributed by atoms with E-state index in [2.05, 4.69) is 5.16 Å². The Morgan fingerprint density at radius 3 is 2.21 bits per heavy atom. The molecule has 8 heteroatoms. The topological polar surface area (TPSA) is 89.3 Å². The number of fused-ring (bicyclic) bond motifs is 1. The van der Waals surface area contributed by atoms with Crippen molar-refractivity contribution < 1.29 is 33.0 Å². The molecule has 0 atom stereocenters. The van der Waals surface area contributed by atoms with E-state index in [0.717, 1.165) is 22.4 Å². The predicted molar refractivity (Wildman–Crippen MR) is 121 cm³/mol. The quantitative estimate of drug-likeness (QED) is 0.283. The van der Waals surface area contributed by atoms with Gasteiger partial charge in [0.2, 0.25) is 5.75 Å². The molecule has 0 aliphatic heterocycles. The van der Waals surface area contributed by atoms with E-state index in [1.165, 1.54) is 33.5 Å². The van der Waals surface area contributed by atoms with Crippen molar-refractivity contribution in [1.82, 2.24) is 5.16 Å². The highest BCUT2D eigenvalue weighted by Gasteiger charge is 2.19. The third-order valence-corrected chi connectivity index (χ3v) is 5.18. The van der Waals surface area contributed by atoms with Gasteiger partial charge in [0.05, 0.1) is 39.7 Å². The van der Waals surface area contributed by atoms with Gasteiger partial charge in [0, 0.05) is 23.4 Å². The van der Waals surface area contributed by atoms with Crippen LogP contribution in [0.15, 0.2) is 59.1 Å². The van der Waals surface area contributed by atoms with Gasteiger partial charge in [-0.1, -0.05) is 23.4 Å². The van der Waals surface area contributed by atoms with E-state index >= 15 is 0 Å². The average molecular weight is 449 g/mol. The van der Waals surface area contributed by atoms with E-state index in [1.807, 2.05) is 30.3 Å². The highest BCUT2D eigenvalue weighted by atomic mass is 16.5. The first kappa shape index (κ1) is 22.0. The lowest BCUT2D eigenvalue weighted by Gasteiger charge is -2.13. The average Bonchev–Trinajstić information content (AvgIpc) is 3.25. The molecule has 0 aliphatic rings. The minimum atomic E-state index is -0.581. The molecular formula is C25H23NO7. The first-order valence-electron chi connectivity index (χ1n) is 10.1. The van der Waals surface area contributed by atoms with Crippen molar-refractivity contribution in [3.8, 4) is 28.7 Å². The summed E-state index contributed by atoms with van der Waals surface area (Å²) in [4.78, 5) is 12.8. The summed E-state index contributed by atoms with van der Waals surface area (Å²) in [5.74, 6) is 1.63. The van der Waals surface area contributed by atoms with Crippen LogP contribution in [0.3, 0.4) is 0 Å². The summed E-state index contributed by atoms with van der Waals surface area (Å²) in [6, 6.07) is 15.9. The summed E-state index contributed by atoms with van der Waals surface area (Å²) in [6.07, 6.45) is 0.543. The van der Waals surface area contributed by atoms with Gasteiger partial charge >= 0.3 is 5.97 Å². The van der Waals surface area contributed by atoms with Crippen LogP contribution < -0.4 is 23.7 Å². The van der Waals surface area contributed by atoms with Crippen molar-refractivity contribution in [2.24, 2.45) is 0 Å². The van der Waals surface area contributed by atoms with Gasteiger partial charge in [-0.05, 0) is 30.3 Å². The predicted octanol–water partition coefficient (Wildman–Crippen LogP) is 4.67. The molecule has 3 aromatic carbocycles. The van der Waals surface area contributed by atoms with Crippen LogP contribution in [-0.4, -0.2) is 39.6 Å². The second-order valence-electron chi connectivity index (χ2n) is 7.08. The monoisotopic (exact) mass is 449 g/mol. The molecule has 4 aromatic rings. The number of carbonyl (C=O) groups excluding carboxylic acids is 1. The standard InChI is InChI=1S/C25H23NO7/c1-28-20-8-6-5-7-15(20)11-19-18-10-9-17(14-21(18)33-26-19)32-25(27)16-12-22(29-2)24(31-4)23(13-16)30-3/h5-10,12-14H,11H2,1-4H3. The van der Waals surface area contributed by atoms with E-state index < -0.39 is 5.97 Å². The molecule has 4 rings (SSSR count). The van der Waals surface area contributed by atoms with Crippen molar-refractivity contribution in [2.75, 3.05) is 28.4 Å². The minimum Gasteiger partial charge on any atom is -0.496 e. The number of rotatable bonds is 8. The number of hydrogen-bond acceptors (Lipinski definition) is 8. The zero-order valence-electron chi connectivity index (χ0n) is 18.7. The Morgan fingerprint density at radius 1 is 0.848 bits per heavy atom. The Kier molecular flexibility index (Phi) is 6.35. The van der Waals surface area contributed by atoms with E-state index in [9.17, 15) is 4.79 Å². The number of esters is 1. The Bertz CT molecular complexity index is 1270. The molecule has 0 fully saturated rings. The van der Waals surface area contributed by atoms with Crippen molar-refractivity contribution in [3.05, 3.63) is 71.4 Å². The van der Waals surface area contributed by atoms with Gasteiger partial charge in [-0.15, -0.1) is 0 Å². The molecule has 33 heavy (non-hydrogen) atoms. The van der Waals surface area contributed by atoms with Crippen molar-refractivity contribution >= 4 is 16.9 Å². The van der Waals surface area contributed by atoms with Crippen LogP contribution in [0.1, 0.15) is 21.6 Å². The molecule has 170 valence electrons. The number of nitrogens with zero attached hydrogens (tertiary/aromatic N) is 1. The number of carbonyl (C=O) groups is 1. The van der Waals surface area contributed by atoms with Gasteiger partial charge in [0.25, 0.3) is 0 Å². The second kappa shape index (κ2) is 9.52. The first-order valence-corrected chi connectivity index (χ1v) is 10.1. The Balaban J connectivity index is 1.57. The van der Waals surface area contributed by atoms with E-state index in [4.69, 9.17) is 28.2 Å². The lowest BCUT2D eigenvalue weighted by Crippen LogP contribution is -2.09. The van der Waals surface area contributed by atoms with Crippen molar-refractivity contribution in [2.45, 2.75) is 6.42 Å². The van der Waals surface area contributed by atoms with Crippen molar-refractivity contribution in [3.63, 3.8) is 0 Å². The largest absolute Gasteiger partial charge is 0.496 e. The van der Waals surface area contributed by atoms with E-state index in [-0.39, 0.29) is 5.56 Å². The number of aromatic nitrogens is 1. The Hall–Kier alpha value is -4.20. The van der Waals surface area contributed by atoms with Crippen LogP contribution in [0, 0.1) is 0 Å². The van der Waals surface area contributed by atoms with Crippen LogP contribution in [0.5, 0.6) is 28.7 Å². The number of methoxy groups -OCH3 is 4. The molecule has 0 N–H and O–H groups in total. The van der Waals surface area contributed by atoms with Gasteiger partial charge < -0.3 is 28.2 Å². The Morgan fingerprint density at radius 2 is 1.55 bits per heavy atom. The number of ether oxygens (including phenoxy) is 5. The maximum absolute atomic E-state index is 12.8. The Labute approximate surface area is 190 Å². The van der Waals surface area contributed by atoms with Crippen LogP contribution in [0.25, 0.3) is 11.0 Å². The fraction of sp³-hybridized carbons (Fsp3) is 0.200. The molecular weight excluding hydrogens is 426 g/mol. The van der Waals surface area contributed by atoms with Gasteiger partial charge in [0.15, 0.2) is 17.1 Å². The van der Waals surface area contributed by atoms with Gasteiger partial charge in [-0.25, -0.2) is 4.79 Å².